The van der Waals surface area contributed by atoms with Crippen molar-refractivity contribution in [3.8, 4) is 0 Å². The maximum Gasteiger partial charge on any atom is 0.240 e. The third-order valence-electron chi connectivity index (χ3n) is 6.75. The van der Waals surface area contributed by atoms with E-state index in [2.05, 4.69) is 34.1 Å². The van der Waals surface area contributed by atoms with Crippen molar-refractivity contribution in [2.24, 2.45) is 0 Å². The topological polar surface area (TPSA) is 53.5 Å². The average Bonchev–Trinajstić information content (AvgIpc) is 3.58. The van der Waals surface area contributed by atoms with E-state index in [0.717, 1.165) is 61.8 Å². The van der Waals surface area contributed by atoms with Crippen LogP contribution in [0.3, 0.4) is 0 Å². The van der Waals surface area contributed by atoms with Crippen LogP contribution >= 0.6 is 11.3 Å². The summed E-state index contributed by atoms with van der Waals surface area (Å²) in [6, 6.07) is 17.9. The first kappa shape index (κ1) is 21.3. The van der Waals surface area contributed by atoms with E-state index in [1.165, 1.54) is 16.9 Å². The van der Waals surface area contributed by atoms with Crippen LogP contribution in [0.5, 0.6) is 0 Å². The molecular weight excluding hydrogens is 418 g/mol. The van der Waals surface area contributed by atoms with Crippen LogP contribution in [0.1, 0.15) is 47.5 Å². The van der Waals surface area contributed by atoms with E-state index in [1.807, 2.05) is 35.2 Å². The lowest BCUT2D eigenvalue weighted by atomic mass is 10.1. The Morgan fingerprint density at radius 1 is 0.938 bits per heavy atom. The summed E-state index contributed by atoms with van der Waals surface area (Å²) in [6.07, 6.45) is 5.63. The van der Waals surface area contributed by atoms with Crippen LogP contribution in [-0.4, -0.2) is 58.2 Å². The molecule has 3 aromatic rings. The van der Waals surface area contributed by atoms with Gasteiger partial charge >= 0.3 is 0 Å². The number of rotatable bonds is 7. The third kappa shape index (κ3) is 4.34. The minimum atomic E-state index is -0.366. The SMILES string of the molecule is O=C(c1nc2ccccc2s1)[C@@H]1CCCN1C(=O)[C@@H]1CCCN1CCCc1ccccc1. The van der Waals surface area contributed by atoms with Gasteiger partial charge in [-0.25, -0.2) is 4.98 Å². The molecule has 0 spiro atoms. The molecule has 2 aliphatic heterocycles. The number of Topliss-reactive ketones (excluding diaryl/α,β-unsaturated/α-hetero) is 1. The number of likely N-dealkylation sites (tertiary alicyclic amines) is 2. The third-order valence-corrected chi connectivity index (χ3v) is 7.80. The van der Waals surface area contributed by atoms with Crippen LogP contribution in [-0.2, 0) is 11.2 Å². The van der Waals surface area contributed by atoms with E-state index in [-0.39, 0.29) is 23.8 Å². The van der Waals surface area contributed by atoms with Gasteiger partial charge in [-0.05, 0) is 69.3 Å². The first-order chi connectivity index (χ1) is 15.7. The van der Waals surface area contributed by atoms with Gasteiger partial charge in [-0.15, -0.1) is 11.3 Å². The fourth-order valence-corrected chi connectivity index (χ4v) is 6.07. The number of hydrogen-bond donors (Lipinski definition) is 0. The highest BCUT2D eigenvalue weighted by Gasteiger charge is 2.41. The molecule has 0 aliphatic carbocycles. The largest absolute Gasteiger partial charge is 0.331 e. The maximum atomic E-state index is 13.5. The molecule has 5 nitrogen and oxygen atoms in total. The van der Waals surface area contributed by atoms with E-state index in [9.17, 15) is 9.59 Å². The summed E-state index contributed by atoms with van der Waals surface area (Å²) in [5.41, 5.74) is 2.20. The van der Waals surface area contributed by atoms with Gasteiger partial charge in [-0.2, -0.15) is 0 Å². The van der Waals surface area contributed by atoms with E-state index < -0.39 is 0 Å². The number of benzene rings is 2. The van der Waals surface area contributed by atoms with E-state index >= 15 is 0 Å². The van der Waals surface area contributed by atoms with Crippen LogP contribution in [0.15, 0.2) is 54.6 Å². The second-order valence-electron chi connectivity index (χ2n) is 8.82. The van der Waals surface area contributed by atoms with Gasteiger partial charge in [0.05, 0.1) is 22.3 Å². The zero-order chi connectivity index (χ0) is 21.9. The summed E-state index contributed by atoms with van der Waals surface area (Å²) in [5.74, 6) is 0.143. The Morgan fingerprint density at radius 2 is 1.69 bits per heavy atom. The molecular formula is C26H29N3O2S. The number of carbonyl (C=O) groups excluding carboxylic acids is 2. The summed E-state index contributed by atoms with van der Waals surface area (Å²) in [7, 11) is 0. The predicted octanol–water partition coefficient (Wildman–Crippen LogP) is 4.57. The van der Waals surface area contributed by atoms with E-state index in [1.54, 1.807) is 0 Å². The number of para-hydroxylation sites is 1. The predicted molar refractivity (Wildman–Crippen MR) is 128 cm³/mol. The van der Waals surface area contributed by atoms with Gasteiger partial charge in [0.25, 0.3) is 0 Å². The molecule has 5 rings (SSSR count). The molecule has 2 saturated heterocycles. The molecule has 0 bridgehead atoms. The Labute approximate surface area is 193 Å². The van der Waals surface area contributed by atoms with Crippen LogP contribution in [0.25, 0.3) is 10.2 Å². The molecule has 2 aliphatic rings. The fourth-order valence-electron chi connectivity index (χ4n) is 5.12. The number of ketones is 1. The fraction of sp³-hybridized carbons (Fsp3) is 0.423. The lowest BCUT2D eigenvalue weighted by Crippen LogP contribution is -2.49. The lowest BCUT2D eigenvalue weighted by molar-refractivity contribution is -0.136. The first-order valence-corrected chi connectivity index (χ1v) is 12.5. The Balaban J connectivity index is 1.24. The molecule has 0 N–H and O–H groups in total. The zero-order valence-corrected chi connectivity index (χ0v) is 19.1. The van der Waals surface area contributed by atoms with Crippen molar-refractivity contribution in [2.75, 3.05) is 19.6 Å². The summed E-state index contributed by atoms with van der Waals surface area (Å²) in [5, 5.41) is 0.530. The average molecular weight is 448 g/mol. The number of thiazole rings is 1. The molecule has 0 unspecified atom stereocenters. The summed E-state index contributed by atoms with van der Waals surface area (Å²) >= 11 is 1.44. The van der Waals surface area contributed by atoms with E-state index in [4.69, 9.17) is 0 Å². The summed E-state index contributed by atoms with van der Waals surface area (Å²) < 4.78 is 1.02. The first-order valence-electron chi connectivity index (χ1n) is 11.7. The van der Waals surface area contributed by atoms with Gasteiger partial charge < -0.3 is 4.90 Å². The van der Waals surface area contributed by atoms with Crippen LogP contribution in [0.4, 0.5) is 0 Å². The van der Waals surface area contributed by atoms with Gasteiger partial charge in [0.2, 0.25) is 11.7 Å². The normalized spacial score (nSPS) is 21.4. The molecule has 0 radical (unpaired) electrons. The molecule has 1 amide bonds. The molecule has 2 fully saturated rings. The molecule has 6 heteroatoms. The van der Waals surface area contributed by atoms with Crippen molar-refractivity contribution >= 4 is 33.2 Å². The minimum Gasteiger partial charge on any atom is -0.331 e. The standard InChI is InChI=1S/C26H29N3O2S/c30-24(25-27-20-12-4-5-15-23(20)32-25)21-13-8-18-29(21)26(31)22-14-7-17-28(22)16-6-11-19-9-2-1-3-10-19/h1-5,9-10,12,15,21-22H,6-8,11,13-14,16-18H2/t21-,22-/m0/s1. The van der Waals surface area contributed by atoms with Crippen LogP contribution in [0, 0.1) is 0 Å². The quantitative estimate of drug-likeness (QED) is 0.498. The summed E-state index contributed by atoms with van der Waals surface area (Å²) in [6.45, 7) is 2.57. The molecule has 2 atom stereocenters. The van der Waals surface area contributed by atoms with Gasteiger partial charge in [0.15, 0.2) is 5.01 Å². The van der Waals surface area contributed by atoms with Crippen LogP contribution < -0.4 is 0 Å². The maximum absolute atomic E-state index is 13.5. The molecule has 2 aromatic carbocycles. The second-order valence-corrected chi connectivity index (χ2v) is 9.85. The van der Waals surface area contributed by atoms with Crippen molar-refractivity contribution in [3.05, 3.63) is 65.2 Å². The van der Waals surface area contributed by atoms with Crippen molar-refractivity contribution in [1.29, 1.82) is 0 Å². The smallest absolute Gasteiger partial charge is 0.240 e. The summed E-state index contributed by atoms with van der Waals surface area (Å²) in [4.78, 5) is 35.6. The van der Waals surface area contributed by atoms with Crippen molar-refractivity contribution < 1.29 is 9.59 Å². The number of amides is 1. The zero-order valence-electron chi connectivity index (χ0n) is 18.3. The molecule has 3 heterocycles. The lowest BCUT2D eigenvalue weighted by Gasteiger charge is -2.30. The van der Waals surface area contributed by atoms with Crippen molar-refractivity contribution in [2.45, 2.75) is 50.6 Å². The van der Waals surface area contributed by atoms with Crippen molar-refractivity contribution in [1.82, 2.24) is 14.8 Å². The molecule has 166 valence electrons. The Morgan fingerprint density at radius 3 is 2.53 bits per heavy atom. The number of aromatic nitrogens is 1. The van der Waals surface area contributed by atoms with Crippen molar-refractivity contribution in [3.63, 3.8) is 0 Å². The Hall–Kier alpha value is -2.57. The highest BCUT2D eigenvalue weighted by Crippen LogP contribution is 2.29. The van der Waals surface area contributed by atoms with Gasteiger partial charge in [-0.3, -0.25) is 14.5 Å². The highest BCUT2D eigenvalue weighted by atomic mass is 32.1. The van der Waals surface area contributed by atoms with Gasteiger partial charge in [-0.1, -0.05) is 42.5 Å². The molecule has 32 heavy (non-hydrogen) atoms. The van der Waals surface area contributed by atoms with Gasteiger partial charge in [0, 0.05) is 6.54 Å². The second kappa shape index (κ2) is 9.51. The van der Waals surface area contributed by atoms with Gasteiger partial charge in [0.1, 0.15) is 0 Å². The molecule has 1 aromatic heterocycles. The van der Waals surface area contributed by atoms with Crippen LogP contribution in [0.2, 0.25) is 0 Å². The molecule has 0 saturated carbocycles. The minimum absolute atomic E-state index is 0.00525. The monoisotopic (exact) mass is 447 g/mol. The number of fused-ring (bicyclic) bond motifs is 1. The number of nitrogens with zero attached hydrogens (tertiary/aromatic N) is 3. The number of aryl methyl sites for hydroxylation is 1. The number of carbonyl (C=O) groups is 2. The van der Waals surface area contributed by atoms with E-state index in [0.29, 0.717) is 11.6 Å². The highest BCUT2D eigenvalue weighted by molar-refractivity contribution is 7.20. The Bertz CT molecular complexity index is 1060. The number of hydrogen-bond acceptors (Lipinski definition) is 5. The Kier molecular flexibility index (Phi) is 6.32.